The molecule has 0 aromatic heterocycles. The van der Waals surface area contributed by atoms with Gasteiger partial charge in [0.25, 0.3) is 0 Å². The molecule has 0 aliphatic carbocycles. The molecule has 0 fully saturated rings. The van der Waals surface area contributed by atoms with Gasteiger partial charge >= 0.3 is 0 Å². The minimum atomic E-state index is -0.390. The Balaban J connectivity index is 2.40. The molecule has 0 bridgehead atoms. The van der Waals surface area contributed by atoms with Crippen LogP contribution in [-0.4, -0.2) is 0 Å². The van der Waals surface area contributed by atoms with Gasteiger partial charge in [-0.1, -0.05) is 44.5 Å². The Bertz CT molecular complexity index is 644. The Morgan fingerprint density at radius 3 is 2.29 bits per heavy atom. The zero-order valence-electron chi connectivity index (χ0n) is 13.0. The van der Waals surface area contributed by atoms with E-state index in [1.165, 1.54) is 6.07 Å². The number of halogens is 1. The van der Waals surface area contributed by atoms with Crippen LogP contribution in [0.1, 0.15) is 37.5 Å². The summed E-state index contributed by atoms with van der Waals surface area (Å²) in [5, 5.41) is 0. The normalized spacial score (nSPS) is 11.5. The molecule has 0 amide bonds. The van der Waals surface area contributed by atoms with Crippen molar-refractivity contribution in [2.75, 3.05) is 0 Å². The van der Waals surface area contributed by atoms with E-state index in [0.29, 0.717) is 12.3 Å². The van der Waals surface area contributed by atoms with Crippen LogP contribution in [0, 0.1) is 12.7 Å². The molecule has 2 aromatic carbocycles. The average molecular weight is 287 g/mol. The van der Waals surface area contributed by atoms with Crippen LogP contribution in [0.3, 0.4) is 0 Å². The van der Waals surface area contributed by atoms with E-state index in [2.05, 4.69) is 26.8 Å². The lowest BCUT2D eigenvalue weighted by Gasteiger charge is -2.23. The van der Waals surface area contributed by atoms with Gasteiger partial charge in [-0.3, -0.25) is 0 Å². The Kier molecular flexibility index (Phi) is 4.33. The molecule has 0 atom stereocenters. The van der Waals surface area contributed by atoms with Gasteiger partial charge in [0, 0.05) is 12.1 Å². The zero-order chi connectivity index (χ0) is 15.6. The lowest BCUT2D eigenvalue weighted by molar-refractivity contribution is 0.424. The zero-order valence-corrected chi connectivity index (χ0v) is 13.0. The van der Waals surface area contributed by atoms with Crippen LogP contribution in [0.5, 0.6) is 11.5 Å². The highest BCUT2D eigenvalue weighted by atomic mass is 19.1. The number of rotatable bonds is 3. The Labute approximate surface area is 125 Å². The number of benzene rings is 2. The monoisotopic (exact) mass is 287 g/mol. The summed E-state index contributed by atoms with van der Waals surface area (Å²) in [4.78, 5) is 0. The van der Waals surface area contributed by atoms with E-state index in [-0.39, 0.29) is 11.2 Å². The van der Waals surface area contributed by atoms with E-state index in [1.54, 1.807) is 12.1 Å². The highest BCUT2D eigenvalue weighted by molar-refractivity contribution is 5.44. The quantitative estimate of drug-likeness (QED) is 0.889. The maximum absolute atomic E-state index is 14.0. The van der Waals surface area contributed by atoms with Gasteiger partial charge in [-0.05, 0) is 36.1 Å². The van der Waals surface area contributed by atoms with Gasteiger partial charge in [0.05, 0.1) is 0 Å². The topological polar surface area (TPSA) is 35.2 Å². The summed E-state index contributed by atoms with van der Waals surface area (Å²) in [5.74, 6) is 0.521. The van der Waals surface area contributed by atoms with Crippen molar-refractivity contribution < 1.29 is 9.13 Å². The van der Waals surface area contributed by atoms with Crippen molar-refractivity contribution >= 4 is 0 Å². The van der Waals surface area contributed by atoms with Crippen LogP contribution >= 0.6 is 0 Å². The molecule has 0 saturated heterocycles. The smallest absolute Gasteiger partial charge is 0.166 e. The van der Waals surface area contributed by atoms with Gasteiger partial charge in [-0.25, -0.2) is 4.39 Å². The van der Waals surface area contributed by atoms with Crippen LogP contribution in [0.2, 0.25) is 0 Å². The van der Waals surface area contributed by atoms with E-state index in [9.17, 15) is 4.39 Å². The van der Waals surface area contributed by atoms with E-state index in [1.807, 2.05) is 19.1 Å². The van der Waals surface area contributed by atoms with Crippen molar-refractivity contribution in [3.63, 3.8) is 0 Å². The summed E-state index contributed by atoms with van der Waals surface area (Å²) in [6.07, 6.45) is 0. The molecular weight excluding hydrogens is 265 g/mol. The predicted molar refractivity (Wildman–Crippen MR) is 84.2 cm³/mol. The first-order chi connectivity index (χ1) is 9.81. The second-order valence-electron chi connectivity index (χ2n) is 6.32. The third-order valence-corrected chi connectivity index (χ3v) is 3.39. The fourth-order valence-electron chi connectivity index (χ4n) is 2.19. The largest absolute Gasteiger partial charge is 0.454 e. The second-order valence-corrected chi connectivity index (χ2v) is 6.32. The number of aryl methyl sites for hydroxylation is 1. The highest BCUT2D eigenvalue weighted by Crippen LogP contribution is 2.35. The van der Waals surface area contributed by atoms with E-state index >= 15 is 0 Å². The summed E-state index contributed by atoms with van der Waals surface area (Å²) >= 11 is 0. The molecule has 21 heavy (non-hydrogen) atoms. The average Bonchev–Trinajstić information content (AvgIpc) is 2.41. The molecule has 2 nitrogen and oxygen atoms in total. The van der Waals surface area contributed by atoms with Crippen molar-refractivity contribution in [1.82, 2.24) is 0 Å². The van der Waals surface area contributed by atoms with Crippen molar-refractivity contribution in [2.24, 2.45) is 5.73 Å². The third-order valence-electron chi connectivity index (χ3n) is 3.39. The van der Waals surface area contributed by atoms with Gasteiger partial charge < -0.3 is 10.5 Å². The summed E-state index contributed by atoms with van der Waals surface area (Å²) in [6, 6.07) is 10.8. The maximum atomic E-state index is 14.0. The Morgan fingerprint density at radius 1 is 1.05 bits per heavy atom. The van der Waals surface area contributed by atoms with Crippen molar-refractivity contribution in [1.29, 1.82) is 0 Å². The van der Waals surface area contributed by atoms with Crippen molar-refractivity contribution in [3.8, 4) is 11.5 Å². The standard InChI is InChI=1S/C18H22FNO/c1-12-5-7-16(14(9-12)18(2,3)4)21-17-8-6-13(11-20)10-15(17)19/h5-10H,11,20H2,1-4H3. The fraction of sp³-hybridized carbons (Fsp3) is 0.333. The lowest BCUT2D eigenvalue weighted by atomic mass is 9.85. The summed E-state index contributed by atoms with van der Waals surface area (Å²) in [6.45, 7) is 8.69. The minimum absolute atomic E-state index is 0.0744. The number of nitrogens with two attached hydrogens (primary N) is 1. The maximum Gasteiger partial charge on any atom is 0.166 e. The Morgan fingerprint density at radius 2 is 1.71 bits per heavy atom. The van der Waals surface area contributed by atoms with Crippen LogP contribution < -0.4 is 10.5 Å². The van der Waals surface area contributed by atoms with E-state index in [4.69, 9.17) is 10.5 Å². The molecular formula is C18H22FNO. The second kappa shape index (κ2) is 5.86. The molecule has 2 aromatic rings. The van der Waals surface area contributed by atoms with Crippen LogP contribution in [0.15, 0.2) is 36.4 Å². The van der Waals surface area contributed by atoms with Gasteiger partial charge in [0.15, 0.2) is 11.6 Å². The molecule has 0 spiro atoms. The molecule has 0 saturated carbocycles. The minimum Gasteiger partial charge on any atom is -0.454 e. The molecule has 0 unspecified atom stereocenters. The predicted octanol–water partition coefficient (Wildman–Crippen LogP) is 4.68. The van der Waals surface area contributed by atoms with Crippen LogP contribution in [0.4, 0.5) is 4.39 Å². The van der Waals surface area contributed by atoms with E-state index in [0.717, 1.165) is 16.7 Å². The molecule has 0 aliphatic rings. The first-order valence-corrected chi connectivity index (χ1v) is 7.09. The summed E-state index contributed by atoms with van der Waals surface area (Å²) in [5.41, 5.74) is 8.41. The van der Waals surface area contributed by atoms with Gasteiger partial charge in [0.2, 0.25) is 0 Å². The van der Waals surface area contributed by atoms with Gasteiger partial charge in [0.1, 0.15) is 5.75 Å². The number of hydrogen-bond donors (Lipinski definition) is 1. The van der Waals surface area contributed by atoms with Crippen LogP contribution in [0.25, 0.3) is 0 Å². The SMILES string of the molecule is Cc1ccc(Oc2ccc(CN)cc2F)c(C(C)(C)C)c1. The molecule has 2 rings (SSSR count). The van der Waals surface area contributed by atoms with Crippen molar-refractivity contribution in [3.05, 3.63) is 58.9 Å². The molecule has 0 aliphatic heterocycles. The number of ether oxygens (including phenoxy) is 1. The lowest BCUT2D eigenvalue weighted by Crippen LogP contribution is -2.13. The van der Waals surface area contributed by atoms with Crippen LogP contribution in [-0.2, 0) is 12.0 Å². The van der Waals surface area contributed by atoms with Gasteiger partial charge in [-0.2, -0.15) is 0 Å². The first kappa shape index (κ1) is 15.5. The summed E-state index contributed by atoms with van der Waals surface area (Å²) in [7, 11) is 0. The Hall–Kier alpha value is -1.87. The third kappa shape index (κ3) is 3.61. The van der Waals surface area contributed by atoms with Gasteiger partial charge in [-0.15, -0.1) is 0 Å². The van der Waals surface area contributed by atoms with Crippen molar-refractivity contribution in [2.45, 2.75) is 39.7 Å². The molecule has 0 heterocycles. The number of hydrogen-bond acceptors (Lipinski definition) is 2. The molecule has 112 valence electrons. The highest BCUT2D eigenvalue weighted by Gasteiger charge is 2.20. The fourth-order valence-corrected chi connectivity index (χ4v) is 2.19. The van der Waals surface area contributed by atoms with E-state index < -0.39 is 5.82 Å². The first-order valence-electron chi connectivity index (χ1n) is 7.09. The molecule has 0 radical (unpaired) electrons. The molecule has 3 heteroatoms. The summed E-state index contributed by atoms with van der Waals surface area (Å²) < 4.78 is 19.9. The molecule has 2 N–H and O–H groups in total.